The number of fused-ring (bicyclic) bond motifs is 2. The lowest BCUT2D eigenvalue weighted by Gasteiger charge is -2.33. The number of nitrogens with zero attached hydrogens (tertiary/aromatic N) is 5. The average molecular weight is 587 g/mol. The van der Waals surface area contributed by atoms with E-state index in [2.05, 4.69) is 32.3 Å². The molecular weight excluding hydrogens is 553 g/mol. The molecule has 1 fully saturated rings. The maximum Gasteiger partial charge on any atom is 0.393 e. The first-order valence-corrected chi connectivity index (χ1v) is 14.6. The Morgan fingerprint density at radius 1 is 1.22 bits per heavy atom. The number of ether oxygens (including phenoxy) is 1. The van der Waals surface area contributed by atoms with Crippen molar-refractivity contribution >= 4 is 38.3 Å². The molecule has 8 nitrogen and oxygen atoms in total. The number of likely N-dealkylation sites (tertiary alicyclic amines) is 1. The molecule has 0 aliphatic carbocycles. The van der Waals surface area contributed by atoms with Gasteiger partial charge in [-0.15, -0.1) is 11.3 Å². The molecule has 0 saturated carbocycles. The summed E-state index contributed by atoms with van der Waals surface area (Å²) in [6.45, 7) is 7.35. The number of hydrogen-bond donors (Lipinski definition) is 2. The van der Waals surface area contributed by atoms with E-state index >= 15 is 0 Å². The highest BCUT2D eigenvalue weighted by molar-refractivity contribution is 7.18. The number of alkyl halides is 3. The SMILES string of the molecule is CCOc1cc2c(cc1CN1CCC(Nc3ncnc4sc(CC(F)(F)F)cc34)CC1)cc(C#N)n2C[C@H](C)CO. The molecule has 1 aliphatic heterocycles. The summed E-state index contributed by atoms with van der Waals surface area (Å²) < 4.78 is 46.7. The average Bonchev–Trinajstić information content (AvgIpc) is 3.49. The second-order valence-electron chi connectivity index (χ2n) is 10.6. The molecule has 4 heterocycles. The first-order chi connectivity index (χ1) is 19.7. The fourth-order valence-corrected chi connectivity index (χ4v) is 6.41. The standard InChI is InChI=1S/C29H33F3N6O2S/c1-3-40-26-11-25-19(9-22(13-33)38(25)14-18(2)16-39)8-20(26)15-37-6-4-21(5-7-37)36-27-24-10-23(12-29(30,31)32)41-28(24)35-17-34-27/h8-11,17-18,21,39H,3-7,12,14-16H2,1-2H3,(H,34,35,36)/t18-/m0/s1. The molecular formula is C29H33F3N6O2S. The van der Waals surface area contributed by atoms with Gasteiger partial charge in [-0.25, -0.2) is 9.97 Å². The number of nitrogens with one attached hydrogen (secondary N) is 1. The number of anilines is 1. The molecule has 41 heavy (non-hydrogen) atoms. The van der Waals surface area contributed by atoms with Gasteiger partial charge in [-0.1, -0.05) is 6.92 Å². The number of halogens is 3. The minimum Gasteiger partial charge on any atom is -0.493 e. The van der Waals surface area contributed by atoms with Crippen LogP contribution in [0.2, 0.25) is 0 Å². The monoisotopic (exact) mass is 586 g/mol. The normalized spacial score (nSPS) is 15.8. The first-order valence-electron chi connectivity index (χ1n) is 13.8. The van der Waals surface area contributed by atoms with Crippen LogP contribution < -0.4 is 10.1 Å². The van der Waals surface area contributed by atoms with Crippen LogP contribution in [0.25, 0.3) is 21.1 Å². The minimum absolute atomic E-state index is 0.0166. The van der Waals surface area contributed by atoms with Crippen LogP contribution in [0.5, 0.6) is 5.75 Å². The quantitative estimate of drug-likeness (QED) is 0.245. The second-order valence-corrected chi connectivity index (χ2v) is 11.7. The van der Waals surface area contributed by atoms with Crippen molar-refractivity contribution in [2.24, 2.45) is 5.92 Å². The number of nitriles is 1. The zero-order chi connectivity index (χ0) is 29.1. The topological polar surface area (TPSA) is 99.2 Å². The van der Waals surface area contributed by atoms with Gasteiger partial charge in [-0.2, -0.15) is 18.4 Å². The summed E-state index contributed by atoms with van der Waals surface area (Å²) in [5.41, 5.74) is 2.53. The largest absolute Gasteiger partial charge is 0.493 e. The molecule has 1 aromatic carbocycles. The van der Waals surface area contributed by atoms with Crippen LogP contribution in [0.15, 0.2) is 30.6 Å². The number of aliphatic hydroxyl groups is 1. The molecule has 1 aliphatic rings. The summed E-state index contributed by atoms with van der Waals surface area (Å²) >= 11 is 1.05. The highest BCUT2D eigenvalue weighted by Crippen LogP contribution is 2.34. The Labute approximate surface area is 240 Å². The van der Waals surface area contributed by atoms with Crippen molar-refractivity contribution in [3.63, 3.8) is 0 Å². The van der Waals surface area contributed by atoms with Crippen molar-refractivity contribution < 1.29 is 23.0 Å². The van der Waals surface area contributed by atoms with E-state index in [1.165, 1.54) is 6.33 Å². The summed E-state index contributed by atoms with van der Waals surface area (Å²) in [6, 6.07) is 9.96. The van der Waals surface area contributed by atoms with E-state index in [4.69, 9.17) is 4.74 Å². The molecule has 1 atom stereocenters. The van der Waals surface area contributed by atoms with Crippen molar-refractivity contribution in [3.05, 3.63) is 46.7 Å². The van der Waals surface area contributed by atoms with E-state index in [1.54, 1.807) is 6.07 Å². The zero-order valence-electron chi connectivity index (χ0n) is 23.0. The van der Waals surface area contributed by atoms with Gasteiger partial charge in [-0.05, 0) is 43.9 Å². The van der Waals surface area contributed by atoms with E-state index in [9.17, 15) is 23.5 Å². The van der Waals surface area contributed by atoms with E-state index in [0.717, 1.165) is 59.5 Å². The Morgan fingerprint density at radius 2 is 2.00 bits per heavy atom. The van der Waals surface area contributed by atoms with Crippen LogP contribution in [-0.2, 0) is 19.5 Å². The predicted octanol–water partition coefficient (Wildman–Crippen LogP) is 5.73. The molecule has 1 saturated heterocycles. The summed E-state index contributed by atoms with van der Waals surface area (Å²) in [5, 5.41) is 24.3. The van der Waals surface area contributed by atoms with Crippen LogP contribution in [-0.4, -0.2) is 63.1 Å². The summed E-state index contributed by atoms with van der Waals surface area (Å²) in [7, 11) is 0. The molecule has 0 bridgehead atoms. The molecule has 3 aromatic heterocycles. The van der Waals surface area contributed by atoms with Crippen molar-refractivity contribution in [2.75, 3.05) is 31.6 Å². The third-order valence-corrected chi connectivity index (χ3v) is 8.42. The maximum absolute atomic E-state index is 12.9. The Kier molecular flexibility index (Phi) is 8.68. The van der Waals surface area contributed by atoms with Gasteiger partial charge in [0.2, 0.25) is 0 Å². The summed E-state index contributed by atoms with van der Waals surface area (Å²) in [6.07, 6.45) is -2.13. The molecule has 2 N–H and O–H groups in total. The number of aromatic nitrogens is 3. The summed E-state index contributed by atoms with van der Waals surface area (Å²) in [5.74, 6) is 1.38. The number of benzene rings is 1. The number of thiophene rings is 1. The van der Waals surface area contributed by atoms with Gasteiger partial charge in [0, 0.05) is 60.7 Å². The van der Waals surface area contributed by atoms with E-state index in [-0.39, 0.29) is 23.4 Å². The van der Waals surface area contributed by atoms with Gasteiger partial charge in [0.25, 0.3) is 0 Å². The number of hydrogen-bond acceptors (Lipinski definition) is 8. The van der Waals surface area contributed by atoms with Crippen LogP contribution in [0.4, 0.5) is 19.0 Å². The number of rotatable bonds is 10. The Bertz CT molecular complexity index is 1550. The third-order valence-electron chi connectivity index (χ3n) is 7.38. The molecule has 0 radical (unpaired) electrons. The van der Waals surface area contributed by atoms with Crippen molar-refractivity contribution in [2.45, 2.75) is 58.4 Å². The molecule has 0 spiro atoms. The maximum atomic E-state index is 12.9. The zero-order valence-corrected chi connectivity index (χ0v) is 23.9. The van der Waals surface area contributed by atoms with Gasteiger partial charge in [0.1, 0.15) is 34.5 Å². The molecule has 0 unspecified atom stereocenters. The molecule has 218 valence electrons. The van der Waals surface area contributed by atoms with Gasteiger partial charge in [0.05, 0.1) is 23.9 Å². The highest BCUT2D eigenvalue weighted by atomic mass is 32.1. The van der Waals surface area contributed by atoms with Crippen LogP contribution >= 0.6 is 11.3 Å². The third kappa shape index (κ3) is 6.74. The Balaban J connectivity index is 1.28. The highest BCUT2D eigenvalue weighted by Gasteiger charge is 2.29. The van der Waals surface area contributed by atoms with Crippen LogP contribution in [0.1, 0.15) is 42.8 Å². The van der Waals surface area contributed by atoms with Crippen LogP contribution in [0, 0.1) is 17.2 Å². The van der Waals surface area contributed by atoms with Crippen molar-refractivity contribution in [3.8, 4) is 11.8 Å². The molecule has 0 amide bonds. The lowest BCUT2D eigenvalue weighted by atomic mass is 10.0. The van der Waals surface area contributed by atoms with Crippen molar-refractivity contribution in [1.29, 1.82) is 5.26 Å². The van der Waals surface area contributed by atoms with Crippen LogP contribution in [0.3, 0.4) is 0 Å². The fourth-order valence-electron chi connectivity index (χ4n) is 5.38. The number of aliphatic hydroxyl groups excluding tert-OH is 1. The van der Waals surface area contributed by atoms with Gasteiger partial charge in [0.15, 0.2) is 0 Å². The van der Waals surface area contributed by atoms with E-state index in [1.807, 2.05) is 30.5 Å². The van der Waals surface area contributed by atoms with E-state index in [0.29, 0.717) is 41.4 Å². The van der Waals surface area contributed by atoms with Gasteiger partial charge < -0.3 is 19.7 Å². The lowest BCUT2D eigenvalue weighted by molar-refractivity contribution is -0.126. The fraction of sp³-hybridized carbons (Fsp3) is 0.483. The number of piperidine rings is 1. The van der Waals surface area contributed by atoms with Gasteiger partial charge >= 0.3 is 6.18 Å². The lowest BCUT2D eigenvalue weighted by Crippen LogP contribution is -2.38. The van der Waals surface area contributed by atoms with E-state index < -0.39 is 12.6 Å². The Hall–Kier alpha value is -3.40. The predicted molar refractivity (Wildman–Crippen MR) is 153 cm³/mol. The first kappa shape index (κ1) is 29.1. The van der Waals surface area contributed by atoms with Crippen molar-refractivity contribution in [1.82, 2.24) is 19.4 Å². The molecule has 5 rings (SSSR count). The smallest absolute Gasteiger partial charge is 0.393 e. The Morgan fingerprint density at radius 3 is 2.68 bits per heavy atom. The van der Waals surface area contributed by atoms with Gasteiger partial charge in [-0.3, -0.25) is 4.90 Å². The molecule has 12 heteroatoms. The summed E-state index contributed by atoms with van der Waals surface area (Å²) in [4.78, 5) is 11.6. The minimum atomic E-state index is -4.26. The molecule has 4 aromatic rings. The second kappa shape index (κ2) is 12.2.